The molecule has 0 aromatic carbocycles. The summed E-state index contributed by atoms with van der Waals surface area (Å²) in [6, 6.07) is -0.275. The van der Waals surface area contributed by atoms with Crippen LogP contribution in [-0.4, -0.2) is 26.9 Å². The first kappa shape index (κ1) is 13.0. The molecule has 17 heavy (non-hydrogen) atoms. The summed E-state index contributed by atoms with van der Waals surface area (Å²) >= 11 is 0. The van der Waals surface area contributed by atoms with Gasteiger partial charge in [0.2, 0.25) is 5.91 Å². The smallest absolute Gasteiger partial charge is 0.233 e. The molecule has 1 atom stereocenters. The molecule has 0 spiro atoms. The summed E-state index contributed by atoms with van der Waals surface area (Å²) in [6.07, 6.45) is 3.28. The van der Waals surface area contributed by atoms with Gasteiger partial charge >= 0.3 is 0 Å². The fourth-order valence-electron chi connectivity index (χ4n) is 1.20. The van der Waals surface area contributed by atoms with Crippen molar-refractivity contribution in [2.24, 2.45) is 16.3 Å². The van der Waals surface area contributed by atoms with Crippen LogP contribution < -0.4 is 11.1 Å². The normalized spacial score (nSPS) is 14.4. The molecule has 1 rings (SSSR count). The molecule has 7 nitrogen and oxygen atoms in total. The Morgan fingerprint density at radius 3 is 2.82 bits per heavy atom. The van der Waals surface area contributed by atoms with Gasteiger partial charge < -0.3 is 21.2 Å². The van der Waals surface area contributed by atoms with Crippen molar-refractivity contribution in [3.63, 3.8) is 0 Å². The molecule has 1 unspecified atom stereocenters. The highest BCUT2D eigenvalue weighted by atomic mass is 16.4. The van der Waals surface area contributed by atoms with Gasteiger partial charge in [-0.1, -0.05) is 5.16 Å². The van der Waals surface area contributed by atoms with E-state index in [0.29, 0.717) is 5.82 Å². The first-order chi connectivity index (χ1) is 7.89. The molecule has 0 radical (unpaired) electrons. The van der Waals surface area contributed by atoms with Gasteiger partial charge in [-0.05, 0) is 20.8 Å². The molecule has 1 aromatic heterocycles. The lowest BCUT2D eigenvalue weighted by Gasteiger charge is -2.23. The van der Waals surface area contributed by atoms with Crippen LogP contribution in [0.1, 0.15) is 32.6 Å². The van der Waals surface area contributed by atoms with Crippen molar-refractivity contribution in [1.82, 2.24) is 15.3 Å². The number of oxime groups is 1. The van der Waals surface area contributed by atoms with Gasteiger partial charge in [-0.2, -0.15) is 0 Å². The Hall–Kier alpha value is -2.05. The molecule has 1 amide bonds. The van der Waals surface area contributed by atoms with E-state index in [1.807, 2.05) is 0 Å². The Kier molecular flexibility index (Phi) is 3.72. The fraction of sp³-hybridized carbons (Fsp3) is 0.500. The molecule has 0 bridgehead atoms. The maximum Gasteiger partial charge on any atom is 0.233 e. The van der Waals surface area contributed by atoms with E-state index >= 15 is 0 Å². The topological polar surface area (TPSA) is 116 Å². The van der Waals surface area contributed by atoms with Crippen LogP contribution in [0.3, 0.4) is 0 Å². The molecule has 5 N–H and O–H groups in total. The molecular formula is C10H17N5O2. The number of carbonyl (C=O) groups is 1. The zero-order valence-electron chi connectivity index (χ0n) is 10.1. The number of hydrogen-bond donors (Lipinski definition) is 4. The lowest BCUT2D eigenvalue weighted by Crippen LogP contribution is -2.46. The van der Waals surface area contributed by atoms with Crippen LogP contribution >= 0.6 is 0 Å². The first-order valence-corrected chi connectivity index (χ1v) is 5.17. The second kappa shape index (κ2) is 4.86. The van der Waals surface area contributed by atoms with Crippen LogP contribution in [0.4, 0.5) is 0 Å². The van der Waals surface area contributed by atoms with E-state index in [1.165, 1.54) is 0 Å². The standard InChI is InChI=1S/C10H17N5O2/c1-6(7-12-4-5-13-7)14-9(16)10(2,3)8(11)15-17/h4-6,17H,1-3H3,(H2,11,15)(H,12,13)(H,14,16). The Labute approximate surface area is 99.1 Å². The number of aromatic nitrogens is 2. The van der Waals surface area contributed by atoms with Crippen LogP contribution in [0.25, 0.3) is 0 Å². The molecule has 0 aliphatic carbocycles. The van der Waals surface area contributed by atoms with E-state index in [9.17, 15) is 4.79 Å². The van der Waals surface area contributed by atoms with Crippen molar-refractivity contribution >= 4 is 11.7 Å². The average Bonchev–Trinajstić information content (AvgIpc) is 2.81. The monoisotopic (exact) mass is 239 g/mol. The predicted molar refractivity (Wildman–Crippen MR) is 62.3 cm³/mol. The summed E-state index contributed by atoms with van der Waals surface area (Å²) in [5.41, 5.74) is 4.39. The first-order valence-electron chi connectivity index (χ1n) is 5.17. The lowest BCUT2D eigenvalue weighted by molar-refractivity contribution is -0.127. The number of amidine groups is 1. The second-order valence-corrected chi connectivity index (χ2v) is 4.28. The summed E-state index contributed by atoms with van der Waals surface area (Å²) in [5.74, 6) is 0.173. The zero-order chi connectivity index (χ0) is 13.1. The van der Waals surface area contributed by atoms with Crippen LogP contribution in [-0.2, 0) is 4.79 Å². The van der Waals surface area contributed by atoms with Crippen LogP contribution in [0, 0.1) is 5.41 Å². The quantitative estimate of drug-likeness (QED) is 0.262. The number of rotatable bonds is 4. The van der Waals surface area contributed by atoms with E-state index in [4.69, 9.17) is 10.9 Å². The summed E-state index contributed by atoms with van der Waals surface area (Å²) in [7, 11) is 0. The molecule has 0 saturated carbocycles. The Bertz CT molecular complexity index is 410. The SMILES string of the molecule is CC(NC(=O)C(C)(C)/C(N)=N/O)c1ncc[nH]1. The minimum absolute atomic E-state index is 0.137. The predicted octanol–water partition coefficient (Wildman–Crippen LogP) is 0.360. The third kappa shape index (κ3) is 2.74. The Morgan fingerprint density at radius 2 is 2.35 bits per heavy atom. The number of hydrogen-bond acceptors (Lipinski definition) is 4. The molecular weight excluding hydrogens is 222 g/mol. The Morgan fingerprint density at radius 1 is 1.71 bits per heavy atom. The minimum atomic E-state index is -1.07. The van der Waals surface area contributed by atoms with Gasteiger partial charge in [0.1, 0.15) is 11.2 Å². The number of carbonyl (C=O) groups excluding carboxylic acids is 1. The highest BCUT2D eigenvalue weighted by Gasteiger charge is 2.33. The van der Waals surface area contributed by atoms with Gasteiger partial charge in [0.25, 0.3) is 0 Å². The summed E-state index contributed by atoms with van der Waals surface area (Å²) < 4.78 is 0. The maximum atomic E-state index is 11.9. The van der Waals surface area contributed by atoms with Gasteiger partial charge in [-0.15, -0.1) is 0 Å². The largest absolute Gasteiger partial charge is 0.409 e. The van der Waals surface area contributed by atoms with Gasteiger partial charge in [0, 0.05) is 12.4 Å². The molecule has 0 fully saturated rings. The third-order valence-electron chi connectivity index (χ3n) is 2.59. The highest BCUT2D eigenvalue weighted by molar-refractivity contribution is 6.05. The Balaban J connectivity index is 2.73. The molecule has 0 aliphatic heterocycles. The van der Waals surface area contributed by atoms with Gasteiger partial charge in [-0.3, -0.25) is 4.79 Å². The number of aromatic amines is 1. The van der Waals surface area contributed by atoms with E-state index in [2.05, 4.69) is 20.4 Å². The van der Waals surface area contributed by atoms with E-state index in [1.54, 1.807) is 33.2 Å². The maximum absolute atomic E-state index is 11.9. The fourth-order valence-corrected chi connectivity index (χ4v) is 1.20. The van der Waals surface area contributed by atoms with E-state index in [0.717, 1.165) is 0 Å². The van der Waals surface area contributed by atoms with Crippen LogP contribution in [0.5, 0.6) is 0 Å². The summed E-state index contributed by atoms with van der Waals surface area (Å²) in [5, 5.41) is 14.2. The molecule has 94 valence electrons. The average molecular weight is 239 g/mol. The van der Waals surface area contributed by atoms with Gasteiger partial charge in [0.05, 0.1) is 6.04 Å². The number of imidazole rings is 1. The molecule has 0 aliphatic rings. The van der Waals surface area contributed by atoms with Crippen molar-refractivity contribution in [2.45, 2.75) is 26.8 Å². The van der Waals surface area contributed by atoms with Crippen LogP contribution in [0.15, 0.2) is 17.5 Å². The van der Waals surface area contributed by atoms with Crippen molar-refractivity contribution in [3.05, 3.63) is 18.2 Å². The summed E-state index contributed by atoms with van der Waals surface area (Å²) in [6.45, 7) is 4.94. The molecule has 1 heterocycles. The third-order valence-corrected chi connectivity index (χ3v) is 2.59. The van der Waals surface area contributed by atoms with Crippen molar-refractivity contribution in [1.29, 1.82) is 0 Å². The minimum Gasteiger partial charge on any atom is -0.409 e. The number of nitrogens with zero attached hydrogens (tertiary/aromatic N) is 2. The second-order valence-electron chi connectivity index (χ2n) is 4.28. The van der Waals surface area contributed by atoms with Crippen molar-refractivity contribution in [2.75, 3.05) is 0 Å². The number of nitrogens with one attached hydrogen (secondary N) is 2. The lowest BCUT2D eigenvalue weighted by atomic mass is 9.90. The highest BCUT2D eigenvalue weighted by Crippen LogP contribution is 2.17. The number of H-pyrrole nitrogens is 1. The zero-order valence-corrected chi connectivity index (χ0v) is 10.1. The molecule has 1 aromatic rings. The van der Waals surface area contributed by atoms with Crippen LogP contribution in [0.2, 0.25) is 0 Å². The van der Waals surface area contributed by atoms with E-state index in [-0.39, 0.29) is 17.8 Å². The van der Waals surface area contributed by atoms with Crippen molar-refractivity contribution in [3.8, 4) is 0 Å². The van der Waals surface area contributed by atoms with Gasteiger partial charge in [0.15, 0.2) is 5.84 Å². The molecule has 7 heteroatoms. The molecule has 0 saturated heterocycles. The van der Waals surface area contributed by atoms with Crippen molar-refractivity contribution < 1.29 is 10.0 Å². The number of amides is 1. The number of nitrogens with two attached hydrogens (primary N) is 1. The summed E-state index contributed by atoms with van der Waals surface area (Å²) in [4.78, 5) is 18.9. The van der Waals surface area contributed by atoms with Gasteiger partial charge in [-0.25, -0.2) is 4.98 Å². The van der Waals surface area contributed by atoms with E-state index < -0.39 is 5.41 Å².